The van der Waals surface area contributed by atoms with E-state index in [4.69, 9.17) is 5.73 Å². The quantitative estimate of drug-likeness (QED) is 0.726. The Morgan fingerprint density at radius 1 is 1.53 bits per heavy atom. The molecule has 0 spiro atoms. The average Bonchev–Trinajstić information content (AvgIpc) is 2.31. The molecule has 1 heterocycles. The smallest absolute Gasteiger partial charge is 0.255 e. The van der Waals surface area contributed by atoms with Gasteiger partial charge in [-0.25, -0.2) is 0 Å². The van der Waals surface area contributed by atoms with Crippen LogP contribution in [-0.2, 0) is 0 Å². The van der Waals surface area contributed by atoms with Crippen molar-refractivity contribution in [2.75, 3.05) is 13.1 Å². The first-order valence-electron chi connectivity index (χ1n) is 5.58. The second kappa shape index (κ2) is 5.67. The number of likely N-dealkylation sites (tertiary alicyclic amines) is 1. The predicted octanol–water partition coefficient (Wildman–Crippen LogP) is 2.62. The summed E-state index contributed by atoms with van der Waals surface area (Å²) in [5.74, 6) is 0.0888. The number of nitrogens with zero attached hydrogens (tertiary/aromatic N) is 1. The average molecular weight is 409 g/mol. The van der Waals surface area contributed by atoms with E-state index in [1.807, 2.05) is 23.1 Å². The molecular weight excluding hydrogens is 395 g/mol. The molecule has 1 aromatic carbocycles. The molecule has 0 saturated carbocycles. The zero-order valence-corrected chi connectivity index (χ0v) is 13.1. The number of carbonyl (C=O) groups is 1. The third kappa shape index (κ3) is 3.20. The Morgan fingerprint density at radius 2 is 2.29 bits per heavy atom. The molecule has 1 amide bonds. The van der Waals surface area contributed by atoms with Crippen LogP contribution in [0.2, 0.25) is 0 Å². The van der Waals surface area contributed by atoms with Crippen molar-refractivity contribution >= 4 is 44.4 Å². The van der Waals surface area contributed by atoms with Crippen molar-refractivity contribution in [3.05, 3.63) is 31.8 Å². The molecule has 0 aromatic heterocycles. The normalized spacial score (nSPS) is 20.4. The van der Waals surface area contributed by atoms with Gasteiger partial charge < -0.3 is 10.6 Å². The second-order valence-corrected chi connectivity index (χ2v) is 6.36. The van der Waals surface area contributed by atoms with Crippen molar-refractivity contribution in [3.63, 3.8) is 0 Å². The lowest BCUT2D eigenvalue weighted by Gasteiger charge is -2.31. The van der Waals surface area contributed by atoms with Crippen LogP contribution in [0.4, 0.5) is 0 Å². The highest BCUT2D eigenvalue weighted by molar-refractivity contribution is 14.1. The minimum atomic E-state index is 0.0888. The predicted molar refractivity (Wildman–Crippen MR) is 80.0 cm³/mol. The van der Waals surface area contributed by atoms with Crippen LogP contribution in [0, 0.1) is 3.57 Å². The van der Waals surface area contributed by atoms with Crippen LogP contribution in [0.15, 0.2) is 22.7 Å². The number of hydrogen-bond acceptors (Lipinski definition) is 2. The van der Waals surface area contributed by atoms with Gasteiger partial charge in [-0.2, -0.15) is 0 Å². The fourth-order valence-electron chi connectivity index (χ4n) is 2.03. The first-order chi connectivity index (χ1) is 8.08. The van der Waals surface area contributed by atoms with Crippen molar-refractivity contribution in [2.45, 2.75) is 18.9 Å². The molecule has 0 radical (unpaired) electrons. The van der Waals surface area contributed by atoms with E-state index >= 15 is 0 Å². The highest BCUT2D eigenvalue weighted by Crippen LogP contribution is 2.21. The van der Waals surface area contributed by atoms with Crippen LogP contribution in [0.5, 0.6) is 0 Å². The van der Waals surface area contributed by atoms with Crippen LogP contribution >= 0.6 is 38.5 Å². The Labute approximate surface area is 123 Å². The van der Waals surface area contributed by atoms with Gasteiger partial charge in [0.2, 0.25) is 0 Å². The number of amides is 1. The molecule has 1 atom stereocenters. The van der Waals surface area contributed by atoms with Gasteiger partial charge >= 0.3 is 0 Å². The van der Waals surface area contributed by atoms with E-state index < -0.39 is 0 Å². The van der Waals surface area contributed by atoms with Crippen molar-refractivity contribution in [2.24, 2.45) is 5.73 Å². The fourth-order valence-corrected chi connectivity index (χ4v) is 2.95. The van der Waals surface area contributed by atoms with E-state index in [1.165, 1.54) is 0 Å². The third-order valence-corrected chi connectivity index (χ3v) is 4.34. The molecule has 1 aromatic rings. The second-order valence-electron chi connectivity index (χ2n) is 4.28. The minimum absolute atomic E-state index is 0.0888. The van der Waals surface area contributed by atoms with E-state index in [-0.39, 0.29) is 11.9 Å². The minimum Gasteiger partial charge on any atom is -0.337 e. The Morgan fingerprint density at radius 3 is 3.00 bits per heavy atom. The summed E-state index contributed by atoms with van der Waals surface area (Å²) in [5.41, 5.74) is 6.66. The number of hydrogen-bond donors (Lipinski definition) is 1. The highest BCUT2D eigenvalue weighted by atomic mass is 127. The van der Waals surface area contributed by atoms with E-state index in [2.05, 4.69) is 38.5 Å². The van der Waals surface area contributed by atoms with Gasteiger partial charge in [0.05, 0.1) is 5.56 Å². The van der Waals surface area contributed by atoms with E-state index in [0.717, 1.165) is 33.0 Å². The molecule has 2 rings (SSSR count). The van der Waals surface area contributed by atoms with Gasteiger partial charge in [0.25, 0.3) is 5.91 Å². The molecule has 1 unspecified atom stereocenters. The zero-order chi connectivity index (χ0) is 12.4. The van der Waals surface area contributed by atoms with Crippen LogP contribution in [-0.4, -0.2) is 29.9 Å². The first-order valence-corrected chi connectivity index (χ1v) is 7.45. The van der Waals surface area contributed by atoms with E-state index in [1.54, 1.807) is 0 Å². The summed E-state index contributed by atoms with van der Waals surface area (Å²) >= 11 is 5.60. The van der Waals surface area contributed by atoms with Crippen molar-refractivity contribution < 1.29 is 4.79 Å². The molecule has 3 nitrogen and oxygen atoms in total. The number of rotatable bonds is 1. The first kappa shape index (κ1) is 13.3. The molecule has 1 aliphatic rings. The Kier molecular flexibility index (Phi) is 4.43. The Hall–Kier alpha value is -0.140. The van der Waals surface area contributed by atoms with E-state index in [0.29, 0.717) is 6.54 Å². The molecule has 0 bridgehead atoms. The van der Waals surface area contributed by atoms with Crippen molar-refractivity contribution in [1.82, 2.24) is 4.90 Å². The summed E-state index contributed by atoms with van der Waals surface area (Å²) in [4.78, 5) is 14.2. The van der Waals surface area contributed by atoms with Crippen LogP contribution in [0.25, 0.3) is 0 Å². The number of nitrogens with two attached hydrogens (primary N) is 1. The fraction of sp³-hybridized carbons (Fsp3) is 0.417. The van der Waals surface area contributed by atoms with Gasteiger partial charge in [-0.05, 0) is 53.6 Å². The standard InChI is InChI=1S/C12H14BrIN2O/c13-8-3-4-11(14)10(6-8)12(17)16-5-1-2-9(15)7-16/h3-4,6,9H,1-2,5,7,15H2. The number of carbonyl (C=O) groups excluding carboxylic acids is 1. The lowest BCUT2D eigenvalue weighted by atomic mass is 10.1. The van der Waals surface area contributed by atoms with Crippen molar-refractivity contribution in [3.8, 4) is 0 Å². The molecule has 1 saturated heterocycles. The maximum absolute atomic E-state index is 12.4. The number of benzene rings is 1. The topological polar surface area (TPSA) is 46.3 Å². The molecular formula is C12H14BrIN2O. The summed E-state index contributed by atoms with van der Waals surface area (Å²) in [6.45, 7) is 1.48. The maximum Gasteiger partial charge on any atom is 0.255 e. The van der Waals surface area contributed by atoms with Gasteiger partial charge in [-0.15, -0.1) is 0 Å². The number of halogens is 2. The summed E-state index contributed by atoms with van der Waals surface area (Å²) in [6, 6.07) is 5.89. The van der Waals surface area contributed by atoms with Gasteiger partial charge in [-0.1, -0.05) is 15.9 Å². The summed E-state index contributed by atoms with van der Waals surface area (Å²) in [7, 11) is 0. The summed E-state index contributed by atoms with van der Waals surface area (Å²) in [5, 5.41) is 0. The third-order valence-electron chi connectivity index (χ3n) is 2.90. The summed E-state index contributed by atoms with van der Waals surface area (Å²) in [6.07, 6.45) is 2.01. The SMILES string of the molecule is NC1CCCN(C(=O)c2cc(Br)ccc2I)C1. The van der Waals surface area contributed by atoms with Gasteiger partial charge in [0.1, 0.15) is 0 Å². The van der Waals surface area contributed by atoms with E-state index in [9.17, 15) is 4.79 Å². The van der Waals surface area contributed by atoms with Crippen LogP contribution in [0.1, 0.15) is 23.2 Å². The Bertz CT molecular complexity index is 439. The molecule has 0 aliphatic carbocycles. The molecule has 17 heavy (non-hydrogen) atoms. The van der Waals surface area contributed by atoms with Crippen LogP contribution < -0.4 is 5.73 Å². The van der Waals surface area contributed by atoms with Crippen LogP contribution in [0.3, 0.4) is 0 Å². The van der Waals surface area contributed by atoms with Gasteiger partial charge in [0.15, 0.2) is 0 Å². The summed E-state index contributed by atoms with van der Waals surface area (Å²) < 4.78 is 1.91. The zero-order valence-electron chi connectivity index (χ0n) is 9.33. The largest absolute Gasteiger partial charge is 0.337 e. The molecule has 5 heteroatoms. The number of piperidine rings is 1. The van der Waals surface area contributed by atoms with Gasteiger partial charge in [-0.3, -0.25) is 4.79 Å². The highest BCUT2D eigenvalue weighted by Gasteiger charge is 2.23. The molecule has 92 valence electrons. The Balaban J connectivity index is 2.21. The lowest BCUT2D eigenvalue weighted by Crippen LogP contribution is -2.45. The van der Waals surface area contributed by atoms with Crippen molar-refractivity contribution in [1.29, 1.82) is 0 Å². The lowest BCUT2D eigenvalue weighted by molar-refractivity contribution is 0.0707. The molecule has 1 aliphatic heterocycles. The molecule has 2 N–H and O–H groups in total. The maximum atomic E-state index is 12.4. The molecule has 1 fully saturated rings. The monoisotopic (exact) mass is 408 g/mol. The van der Waals surface area contributed by atoms with Gasteiger partial charge in [0, 0.05) is 27.2 Å².